The van der Waals surface area contributed by atoms with Gasteiger partial charge in [-0.3, -0.25) is 10.1 Å². The molecule has 0 spiro atoms. The number of benzene rings is 2. The second-order valence-electron chi connectivity index (χ2n) is 8.14. The highest BCUT2D eigenvalue weighted by molar-refractivity contribution is 5.91. The minimum atomic E-state index is -0.929. The van der Waals surface area contributed by atoms with Crippen LogP contribution >= 0.6 is 0 Å². The van der Waals surface area contributed by atoms with Crippen molar-refractivity contribution >= 4 is 17.7 Å². The van der Waals surface area contributed by atoms with E-state index in [2.05, 4.69) is 17.1 Å². The number of carboxylic acid groups (broad SMARTS) is 1. The quantitative estimate of drug-likeness (QED) is 0.292. The predicted molar refractivity (Wildman–Crippen MR) is 136 cm³/mol. The van der Waals surface area contributed by atoms with Crippen LogP contribution in [0.1, 0.15) is 18.2 Å². The van der Waals surface area contributed by atoms with Gasteiger partial charge < -0.3 is 14.4 Å². The fourth-order valence-electron chi connectivity index (χ4n) is 3.35. The van der Waals surface area contributed by atoms with Gasteiger partial charge in [0.05, 0.1) is 6.42 Å². The van der Waals surface area contributed by atoms with Gasteiger partial charge in [-0.15, -0.1) is 0 Å². The summed E-state index contributed by atoms with van der Waals surface area (Å²) >= 11 is 0. The average Bonchev–Trinajstić information content (AvgIpc) is 3.22. The van der Waals surface area contributed by atoms with Crippen LogP contribution in [-0.2, 0) is 16.0 Å². The molecule has 192 valence electrons. The van der Waals surface area contributed by atoms with Crippen molar-refractivity contribution in [3.05, 3.63) is 96.0 Å². The Morgan fingerprint density at radius 3 is 2.30 bits per heavy atom. The summed E-state index contributed by atoms with van der Waals surface area (Å²) in [7, 11) is 0. The van der Waals surface area contributed by atoms with Crippen LogP contribution in [0.15, 0.2) is 89.3 Å². The van der Waals surface area contributed by atoms with Crippen molar-refractivity contribution in [1.29, 1.82) is 0 Å². The number of alkyl halides is 1. The molecule has 0 saturated heterocycles. The van der Waals surface area contributed by atoms with Gasteiger partial charge >= 0.3 is 12.1 Å². The minimum absolute atomic E-state index is 0.0395. The van der Waals surface area contributed by atoms with Gasteiger partial charge in [0, 0.05) is 5.56 Å². The average molecular weight is 509 g/mol. The summed E-state index contributed by atoms with van der Waals surface area (Å²) in [6.45, 7) is 6.04. The van der Waals surface area contributed by atoms with Crippen LogP contribution in [0.2, 0.25) is 0 Å². The maximum absolute atomic E-state index is 13.3. The largest absolute Gasteiger partial charge is 0.481 e. The second-order valence-corrected chi connectivity index (χ2v) is 8.14. The van der Waals surface area contributed by atoms with E-state index in [1.807, 2.05) is 36.4 Å². The van der Waals surface area contributed by atoms with Gasteiger partial charge in [0.15, 0.2) is 5.76 Å². The van der Waals surface area contributed by atoms with Crippen molar-refractivity contribution < 1.29 is 32.7 Å². The van der Waals surface area contributed by atoms with Crippen molar-refractivity contribution in [2.24, 2.45) is 0 Å². The van der Waals surface area contributed by atoms with E-state index in [0.717, 1.165) is 23.3 Å². The molecule has 0 saturated carbocycles. The third kappa shape index (κ3) is 7.47. The molecule has 37 heavy (non-hydrogen) atoms. The summed E-state index contributed by atoms with van der Waals surface area (Å²) < 4.78 is 36.2. The number of ether oxygens (including phenoxy) is 1. The lowest BCUT2D eigenvalue weighted by atomic mass is 10.0. The molecule has 0 aliphatic rings. The van der Waals surface area contributed by atoms with Crippen molar-refractivity contribution in [3.63, 3.8) is 0 Å². The first kappa shape index (κ1) is 27.1. The number of amides is 1. The number of nitrogens with zero attached hydrogens (tertiary/aromatic N) is 1. The molecule has 1 atom stereocenters. The Kier molecular flexibility index (Phi) is 9.10. The highest BCUT2D eigenvalue weighted by Crippen LogP contribution is 2.32. The lowest BCUT2D eigenvalue weighted by Crippen LogP contribution is -2.21. The van der Waals surface area contributed by atoms with Crippen LogP contribution < -0.4 is 5.32 Å². The number of aryl methyl sites for hydroxylation is 1. The van der Waals surface area contributed by atoms with Crippen molar-refractivity contribution in [1.82, 2.24) is 5.16 Å². The van der Waals surface area contributed by atoms with Gasteiger partial charge in [-0.1, -0.05) is 66.3 Å². The summed E-state index contributed by atoms with van der Waals surface area (Å²) in [5.41, 5.74) is 4.29. The van der Waals surface area contributed by atoms with E-state index in [4.69, 9.17) is 14.4 Å². The smallest absolute Gasteiger partial charge is 0.412 e. The van der Waals surface area contributed by atoms with E-state index < -0.39 is 30.7 Å². The molecule has 3 rings (SSSR count). The molecule has 1 heterocycles. The number of carbonyl (C=O) groups is 2. The van der Waals surface area contributed by atoms with Crippen LogP contribution in [0.25, 0.3) is 22.5 Å². The SMILES string of the molecule is C=C(/C=C\C(F)=C/CF)C(C)OC(=O)Nc1c(C)noc1-c1ccc(-c2ccc(CC(=O)O)cc2)cc1. The molecule has 0 radical (unpaired) electrons. The standard InChI is InChI=1S/C28H26F2N2O5/c1-17(4-13-24(30)14-15-29)19(3)36-28(35)31-26-18(2)32-37-27(26)23-11-9-22(10-12-23)21-7-5-20(6-8-21)16-25(33)34/h4-14,19H,1,15-16H2,2-3H3,(H,31,35)(H,33,34)/b13-4-,24-14+. The van der Waals surface area contributed by atoms with Crippen LogP contribution in [0.5, 0.6) is 0 Å². The Hall–Kier alpha value is -4.53. The molecule has 0 aliphatic carbocycles. The molecular formula is C28H26F2N2O5. The number of carboxylic acids is 1. The number of halogens is 2. The molecule has 0 fully saturated rings. The molecule has 1 aromatic heterocycles. The van der Waals surface area contributed by atoms with Crippen LogP contribution in [0, 0.1) is 6.92 Å². The first-order valence-electron chi connectivity index (χ1n) is 11.3. The van der Waals surface area contributed by atoms with Crippen LogP contribution in [0.3, 0.4) is 0 Å². The number of allylic oxidation sites excluding steroid dienone is 3. The Labute approximate surface area is 212 Å². The van der Waals surface area contributed by atoms with Gasteiger partial charge in [-0.25, -0.2) is 13.6 Å². The van der Waals surface area contributed by atoms with E-state index in [-0.39, 0.29) is 6.42 Å². The summed E-state index contributed by atoms with van der Waals surface area (Å²) in [5.74, 6) is -1.31. The lowest BCUT2D eigenvalue weighted by molar-refractivity contribution is -0.136. The first-order chi connectivity index (χ1) is 17.7. The summed E-state index contributed by atoms with van der Waals surface area (Å²) in [4.78, 5) is 23.4. The molecule has 7 nitrogen and oxygen atoms in total. The van der Waals surface area contributed by atoms with E-state index in [9.17, 15) is 18.4 Å². The van der Waals surface area contributed by atoms with Gasteiger partial charge in [0.1, 0.15) is 30.0 Å². The van der Waals surface area contributed by atoms with Gasteiger partial charge in [0.25, 0.3) is 0 Å². The Morgan fingerprint density at radius 1 is 1.11 bits per heavy atom. The van der Waals surface area contributed by atoms with Crippen LogP contribution in [0.4, 0.5) is 19.3 Å². The number of carbonyl (C=O) groups excluding carboxylic acids is 1. The Morgan fingerprint density at radius 2 is 1.70 bits per heavy atom. The maximum atomic E-state index is 13.3. The highest BCUT2D eigenvalue weighted by atomic mass is 19.1. The number of rotatable bonds is 10. The summed E-state index contributed by atoms with van der Waals surface area (Å²) in [6.07, 6.45) is 1.50. The predicted octanol–water partition coefficient (Wildman–Crippen LogP) is 6.82. The highest BCUT2D eigenvalue weighted by Gasteiger charge is 2.20. The number of hydrogen-bond acceptors (Lipinski definition) is 5. The lowest BCUT2D eigenvalue weighted by Gasteiger charge is -2.14. The van der Waals surface area contributed by atoms with E-state index in [1.54, 1.807) is 26.0 Å². The van der Waals surface area contributed by atoms with Gasteiger partial charge in [-0.05, 0) is 48.3 Å². The summed E-state index contributed by atoms with van der Waals surface area (Å²) in [6, 6.07) is 14.6. The Balaban J connectivity index is 1.69. The zero-order valence-corrected chi connectivity index (χ0v) is 20.3. The topological polar surface area (TPSA) is 102 Å². The number of aromatic nitrogens is 1. The third-order valence-corrected chi connectivity index (χ3v) is 5.41. The number of anilines is 1. The third-order valence-electron chi connectivity index (χ3n) is 5.41. The molecule has 0 aliphatic heterocycles. The number of hydrogen-bond donors (Lipinski definition) is 2. The minimum Gasteiger partial charge on any atom is -0.481 e. The molecular weight excluding hydrogens is 482 g/mol. The van der Waals surface area contributed by atoms with Crippen LogP contribution in [-0.4, -0.2) is 35.1 Å². The molecule has 2 N–H and O–H groups in total. The maximum Gasteiger partial charge on any atom is 0.412 e. The zero-order valence-electron chi connectivity index (χ0n) is 20.3. The first-order valence-corrected chi connectivity index (χ1v) is 11.3. The van der Waals surface area contributed by atoms with Crippen molar-refractivity contribution in [2.45, 2.75) is 26.4 Å². The molecule has 2 aromatic carbocycles. The Bertz CT molecular complexity index is 1330. The molecule has 1 unspecified atom stereocenters. The van der Waals surface area contributed by atoms with Crippen molar-refractivity contribution in [2.75, 3.05) is 12.0 Å². The number of nitrogens with one attached hydrogen (secondary N) is 1. The van der Waals surface area contributed by atoms with E-state index in [1.165, 1.54) is 6.08 Å². The molecule has 9 heteroatoms. The zero-order chi connectivity index (χ0) is 26.9. The second kappa shape index (κ2) is 12.4. The monoisotopic (exact) mass is 508 g/mol. The van der Waals surface area contributed by atoms with Crippen molar-refractivity contribution in [3.8, 4) is 22.5 Å². The van der Waals surface area contributed by atoms with Gasteiger partial charge in [-0.2, -0.15) is 0 Å². The summed E-state index contributed by atoms with van der Waals surface area (Å²) in [5, 5.41) is 15.5. The molecule has 1 amide bonds. The molecule has 0 bridgehead atoms. The normalized spacial score (nSPS) is 12.4. The van der Waals surface area contributed by atoms with E-state index >= 15 is 0 Å². The van der Waals surface area contributed by atoms with Gasteiger partial charge in [0.2, 0.25) is 0 Å². The molecule has 3 aromatic rings. The fraction of sp³-hybridized carbons (Fsp3) is 0.179. The van der Waals surface area contributed by atoms with E-state index in [0.29, 0.717) is 33.8 Å². The fourth-order valence-corrected chi connectivity index (χ4v) is 3.35. The number of aliphatic carboxylic acids is 1.